The van der Waals surface area contributed by atoms with Gasteiger partial charge in [-0.15, -0.1) is 0 Å². The van der Waals surface area contributed by atoms with Crippen molar-refractivity contribution in [2.75, 3.05) is 36.0 Å². The second-order valence-electron chi connectivity index (χ2n) is 9.85. The van der Waals surface area contributed by atoms with Gasteiger partial charge in [-0.05, 0) is 43.2 Å². The van der Waals surface area contributed by atoms with Crippen LogP contribution >= 0.6 is 0 Å². The summed E-state index contributed by atoms with van der Waals surface area (Å²) in [6.45, 7) is 1.83. The number of para-hydroxylation sites is 2. The van der Waals surface area contributed by atoms with E-state index < -0.39 is 17.7 Å². The largest absolute Gasteiger partial charge is 0.416 e. The van der Waals surface area contributed by atoms with Gasteiger partial charge in [0.1, 0.15) is 5.69 Å². The third-order valence-corrected chi connectivity index (χ3v) is 7.31. The third-order valence-electron chi connectivity index (χ3n) is 7.31. The summed E-state index contributed by atoms with van der Waals surface area (Å²) in [4.78, 5) is 26.6. The molecular weight excluding hydrogens is 493 g/mol. The van der Waals surface area contributed by atoms with Gasteiger partial charge in [-0.2, -0.15) is 18.4 Å². The van der Waals surface area contributed by atoms with Crippen molar-refractivity contribution in [3.05, 3.63) is 59.8 Å². The zero-order valence-corrected chi connectivity index (χ0v) is 20.9. The number of carbonyl (C=O) groups is 1. The topological polar surface area (TPSA) is 85.1 Å². The Morgan fingerprint density at radius 1 is 0.947 bits per heavy atom. The SMILES string of the molecule is N#C[C@H](C(=O)NC1CCCCC1)c1nc2ccccc2nc1N1CCN(c2cccc(C(F)(F)F)c2)CC1. The summed E-state index contributed by atoms with van der Waals surface area (Å²) < 4.78 is 39.6. The zero-order chi connectivity index (χ0) is 26.7. The van der Waals surface area contributed by atoms with Gasteiger partial charge < -0.3 is 15.1 Å². The standard InChI is InChI=1S/C28H29F3N6O/c29-28(30,31)19-7-6-10-21(17-19)36-13-15-37(16-14-36)26-25(34-23-11-4-5-12-24(23)35-26)22(18-32)27(38)33-20-8-2-1-3-9-20/h4-7,10-12,17,20,22H,1-3,8-9,13-16H2,(H,33,38)/t22-/m0/s1. The van der Waals surface area contributed by atoms with Crippen molar-refractivity contribution in [3.63, 3.8) is 0 Å². The molecule has 10 heteroatoms. The molecule has 2 heterocycles. The van der Waals surface area contributed by atoms with Crippen molar-refractivity contribution in [2.45, 2.75) is 50.2 Å². The molecule has 2 aliphatic rings. The highest BCUT2D eigenvalue weighted by atomic mass is 19.4. The molecule has 0 radical (unpaired) electrons. The molecule has 1 amide bonds. The Bertz CT molecular complexity index is 1340. The van der Waals surface area contributed by atoms with Crippen molar-refractivity contribution in [2.24, 2.45) is 0 Å². The molecule has 2 fully saturated rings. The van der Waals surface area contributed by atoms with Crippen molar-refractivity contribution < 1.29 is 18.0 Å². The number of nitriles is 1. The molecule has 7 nitrogen and oxygen atoms in total. The van der Waals surface area contributed by atoms with Crippen LogP contribution in [0.25, 0.3) is 11.0 Å². The monoisotopic (exact) mass is 522 g/mol. The highest BCUT2D eigenvalue weighted by Crippen LogP contribution is 2.33. The van der Waals surface area contributed by atoms with E-state index in [2.05, 4.69) is 11.4 Å². The smallest absolute Gasteiger partial charge is 0.368 e. The fourth-order valence-electron chi connectivity index (χ4n) is 5.26. The Labute approximate surface area is 219 Å². The van der Waals surface area contributed by atoms with Crippen LogP contribution < -0.4 is 15.1 Å². The highest BCUT2D eigenvalue weighted by molar-refractivity contribution is 5.89. The summed E-state index contributed by atoms with van der Waals surface area (Å²) in [6.07, 6.45) is 0.659. The molecule has 1 aliphatic heterocycles. The zero-order valence-electron chi connectivity index (χ0n) is 20.9. The lowest BCUT2D eigenvalue weighted by atomic mass is 9.94. The van der Waals surface area contributed by atoms with Gasteiger partial charge >= 0.3 is 6.18 Å². The highest BCUT2D eigenvalue weighted by Gasteiger charge is 2.33. The number of amides is 1. The van der Waals surface area contributed by atoms with Crippen LogP contribution in [0.4, 0.5) is 24.7 Å². The van der Waals surface area contributed by atoms with Gasteiger partial charge in [-0.25, -0.2) is 9.97 Å². The van der Waals surface area contributed by atoms with E-state index in [9.17, 15) is 23.2 Å². The van der Waals surface area contributed by atoms with Gasteiger partial charge in [-0.3, -0.25) is 4.79 Å². The lowest BCUT2D eigenvalue weighted by Crippen LogP contribution is -2.47. The fourth-order valence-corrected chi connectivity index (χ4v) is 5.26. The molecule has 3 aromatic rings. The normalized spacial score (nSPS) is 17.7. The predicted molar refractivity (Wildman–Crippen MR) is 139 cm³/mol. The summed E-state index contributed by atoms with van der Waals surface area (Å²) in [7, 11) is 0. The molecule has 1 N–H and O–H groups in total. The minimum Gasteiger partial charge on any atom is -0.368 e. The molecule has 1 aliphatic carbocycles. The Hall–Kier alpha value is -3.87. The Kier molecular flexibility index (Phi) is 7.36. The maximum Gasteiger partial charge on any atom is 0.416 e. The van der Waals surface area contributed by atoms with Gasteiger partial charge in [0.15, 0.2) is 11.7 Å². The number of nitrogens with one attached hydrogen (secondary N) is 1. The number of anilines is 2. The Morgan fingerprint density at radius 3 is 2.26 bits per heavy atom. The van der Waals surface area contributed by atoms with E-state index in [1.165, 1.54) is 6.07 Å². The first kappa shape index (κ1) is 25.8. The van der Waals surface area contributed by atoms with Crippen LogP contribution in [0.2, 0.25) is 0 Å². The number of piperazine rings is 1. The maximum atomic E-state index is 13.2. The first-order valence-electron chi connectivity index (χ1n) is 13.0. The summed E-state index contributed by atoms with van der Waals surface area (Å²) in [5.74, 6) is -1.02. The fraction of sp³-hybridized carbons (Fsp3) is 0.429. The predicted octanol–water partition coefficient (Wildman–Crippen LogP) is 5.03. The average Bonchev–Trinajstić information content (AvgIpc) is 2.93. The molecule has 1 aromatic heterocycles. The molecule has 198 valence electrons. The summed E-state index contributed by atoms with van der Waals surface area (Å²) >= 11 is 0. The number of rotatable bonds is 5. The van der Waals surface area contributed by atoms with E-state index >= 15 is 0 Å². The summed E-state index contributed by atoms with van der Waals surface area (Å²) in [5.41, 5.74) is 1.38. The second kappa shape index (κ2) is 10.9. The summed E-state index contributed by atoms with van der Waals surface area (Å²) in [6, 6.07) is 14.8. The van der Waals surface area contributed by atoms with Gasteiger partial charge in [-0.1, -0.05) is 37.5 Å². The van der Waals surface area contributed by atoms with E-state index in [0.29, 0.717) is 54.4 Å². The van der Waals surface area contributed by atoms with E-state index in [1.807, 2.05) is 28.0 Å². The summed E-state index contributed by atoms with van der Waals surface area (Å²) in [5, 5.41) is 13.1. The van der Waals surface area contributed by atoms with Gasteiger partial charge in [0, 0.05) is 37.9 Å². The van der Waals surface area contributed by atoms with Crippen LogP contribution in [0.5, 0.6) is 0 Å². The van der Waals surface area contributed by atoms with Crippen molar-refractivity contribution in [1.82, 2.24) is 15.3 Å². The van der Waals surface area contributed by atoms with E-state index in [0.717, 1.165) is 44.2 Å². The van der Waals surface area contributed by atoms with E-state index in [1.54, 1.807) is 12.1 Å². The van der Waals surface area contributed by atoms with Gasteiger partial charge in [0.25, 0.3) is 0 Å². The number of aromatic nitrogens is 2. The maximum absolute atomic E-state index is 13.2. The minimum absolute atomic E-state index is 0.0555. The number of carbonyl (C=O) groups excluding carboxylic acids is 1. The lowest BCUT2D eigenvalue weighted by molar-refractivity contribution is -0.137. The molecule has 5 rings (SSSR count). The van der Waals surface area contributed by atoms with Crippen LogP contribution in [0.3, 0.4) is 0 Å². The number of hydrogen-bond donors (Lipinski definition) is 1. The molecule has 1 atom stereocenters. The number of benzene rings is 2. The lowest BCUT2D eigenvalue weighted by Gasteiger charge is -2.37. The third kappa shape index (κ3) is 5.52. The van der Waals surface area contributed by atoms with E-state index in [-0.39, 0.29) is 11.9 Å². The molecule has 38 heavy (non-hydrogen) atoms. The van der Waals surface area contributed by atoms with Crippen LogP contribution in [0, 0.1) is 11.3 Å². The number of halogens is 3. The molecule has 1 saturated carbocycles. The number of hydrogen-bond acceptors (Lipinski definition) is 6. The first-order chi connectivity index (χ1) is 18.3. The average molecular weight is 523 g/mol. The minimum atomic E-state index is -4.40. The van der Waals surface area contributed by atoms with Crippen LogP contribution in [-0.4, -0.2) is 48.1 Å². The number of nitrogens with zero attached hydrogens (tertiary/aromatic N) is 5. The molecule has 1 saturated heterocycles. The Morgan fingerprint density at radius 2 is 1.61 bits per heavy atom. The number of fused-ring (bicyclic) bond motifs is 1. The van der Waals surface area contributed by atoms with Crippen molar-refractivity contribution >= 4 is 28.4 Å². The van der Waals surface area contributed by atoms with Crippen LogP contribution in [0.1, 0.15) is 49.3 Å². The second-order valence-corrected chi connectivity index (χ2v) is 9.85. The molecule has 2 aromatic carbocycles. The van der Waals surface area contributed by atoms with Gasteiger partial charge in [0.05, 0.1) is 22.7 Å². The number of alkyl halides is 3. The van der Waals surface area contributed by atoms with Crippen molar-refractivity contribution in [3.8, 4) is 6.07 Å². The Balaban J connectivity index is 1.40. The first-order valence-corrected chi connectivity index (χ1v) is 13.0. The molecule has 0 unspecified atom stereocenters. The molecule has 0 spiro atoms. The quantitative estimate of drug-likeness (QED) is 0.506. The van der Waals surface area contributed by atoms with Crippen LogP contribution in [-0.2, 0) is 11.0 Å². The van der Waals surface area contributed by atoms with Crippen molar-refractivity contribution in [1.29, 1.82) is 5.26 Å². The van der Waals surface area contributed by atoms with Gasteiger partial charge in [0.2, 0.25) is 5.91 Å². The van der Waals surface area contributed by atoms with Crippen LogP contribution in [0.15, 0.2) is 48.5 Å². The van der Waals surface area contributed by atoms with E-state index in [4.69, 9.17) is 9.97 Å². The molecular formula is C28H29F3N6O. The molecule has 0 bridgehead atoms.